The largest absolute Gasteiger partial charge is 0.419 e. The summed E-state index contributed by atoms with van der Waals surface area (Å²) in [6.07, 6.45) is 0. The second kappa shape index (κ2) is 3.94. The molecule has 2 aromatic rings. The van der Waals surface area contributed by atoms with Gasteiger partial charge < -0.3 is 9.73 Å². The Bertz CT molecular complexity index is 595. The normalized spacial score (nSPS) is 10.9. The lowest BCUT2D eigenvalue weighted by Gasteiger charge is -2.00. The fraction of sp³-hybridized carbons (Fsp3) is 0.273. The summed E-state index contributed by atoms with van der Waals surface area (Å²) in [5, 5.41) is 2.79. The molecule has 0 saturated carbocycles. The van der Waals surface area contributed by atoms with E-state index >= 15 is 0 Å². The zero-order valence-electron chi connectivity index (χ0n) is 9.11. The number of carbonyl (C=O) groups is 1. The Kier molecular flexibility index (Phi) is 2.62. The van der Waals surface area contributed by atoms with Gasteiger partial charge in [-0.1, -0.05) is 0 Å². The summed E-state index contributed by atoms with van der Waals surface area (Å²) < 4.78 is 6.35. The average Bonchev–Trinajstić information content (AvgIpc) is 2.55. The number of hydrogen-bond acceptors (Lipinski definition) is 4. The van der Waals surface area contributed by atoms with E-state index in [1.54, 1.807) is 32.3 Å². The standard InChI is InChI=1S/C11H12N2O3/c1-12-6-9(14)7-3-4-10-8(5-7)13(2)11(15)16-10/h3-5,12H,6H2,1-2H3. The first-order valence-corrected chi connectivity index (χ1v) is 4.91. The van der Waals surface area contributed by atoms with E-state index in [1.165, 1.54) is 4.57 Å². The van der Waals surface area contributed by atoms with Crippen LogP contribution in [-0.2, 0) is 7.05 Å². The number of nitrogens with zero attached hydrogens (tertiary/aromatic N) is 1. The maximum Gasteiger partial charge on any atom is 0.419 e. The number of carbonyl (C=O) groups excluding carboxylic acids is 1. The van der Waals surface area contributed by atoms with Crippen LogP contribution in [0.4, 0.5) is 0 Å². The second-order valence-electron chi connectivity index (χ2n) is 3.56. The number of benzene rings is 1. The van der Waals surface area contributed by atoms with E-state index in [1.807, 2.05) is 0 Å². The third kappa shape index (κ3) is 1.65. The molecule has 16 heavy (non-hydrogen) atoms. The van der Waals surface area contributed by atoms with Crippen molar-refractivity contribution in [2.24, 2.45) is 7.05 Å². The molecule has 0 aliphatic rings. The zero-order chi connectivity index (χ0) is 11.7. The quantitative estimate of drug-likeness (QED) is 0.766. The number of oxazole rings is 1. The minimum atomic E-state index is -0.423. The van der Waals surface area contributed by atoms with Crippen molar-refractivity contribution in [2.75, 3.05) is 13.6 Å². The van der Waals surface area contributed by atoms with Crippen LogP contribution in [-0.4, -0.2) is 23.9 Å². The van der Waals surface area contributed by atoms with E-state index < -0.39 is 5.76 Å². The van der Waals surface area contributed by atoms with Crippen molar-refractivity contribution in [1.82, 2.24) is 9.88 Å². The predicted octanol–water partition coefficient (Wildman–Crippen LogP) is 0.534. The van der Waals surface area contributed by atoms with Gasteiger partial charge in [-0.2, -0.15) is 0 Å². The van der Waals surface area contributed by atoms with Crippen LogP contribution in [0.5, 0.6) is 0 Å². The topological polar surface area (TPSA) is 64.2 Å². The minimum Gasteiger partial charge on any atom is -0.408 e. The molecule has 1 N–H and O–H groups in total. The third-order valence-electron chi connectivity index (χ3n) is 2.45. The maximum atomic E-state index is 11.6. The van der Waals surface area contributed by atoms with Crippen LogP contribution in [0.15, 0.2) is 27.4 Å². The number of likely N-dealkylation sites (N-methyl/N-ethyl adjacent to an activating group) is 1. The maximum absolute atomic E-state index is 11.6. The van der Waals surface area contributed by atoms with Gasteiger partial charge in [0.05, 0.1) is 12.1 Å². The van der Waals surface area contributed by atoms with Gasteiger partial charge >= 0.3 is 5.76 Å². The fourth-order valence-electron chi connectivity index (χ4n) is 1.56. The first-order chi connectivity index (χ1) is 7.63. The number of hydrogen-bond donors (Lipinski definition) is 1. The van der Waals surface area contributed by atoms with Crippen molar-refractivity contribution in [3.63, 3.8) is 0 Å². The number of aryl methyl sites for hydroxylation is 1. The van der Waals surface area contributed by atoms with E-state index in [-0.39, 0.29) is 12.3 Å². The molecule has 5 heteroatoms. The summed E-state index contributed by atoms with van der Waals surface area (Å²) in [6.45, 7) is 0.275. The van der Waals surface area contributed by atoms with E-state index in [4.69, 9.17) is 4.42 Å². The molecule has 0 fully saturated rings. The number of aromatic nitrogens is 1. The van der Waals surface area contributed by atoms with Crippen LogP contribution in [0.2, 0.25) is 0 Å². The molecule has 5 nitrogen and oxygen atoms in total. The Morgan fingerprint density at radius 2 is 2.25 bits per heavy atom. The monoisotopic (exact) mass is 220 g/mol. The number of nitrogens with one attached hydrogen (secondary N) is 1. The van der Waals surface area contributed by atoms with E-state index in [9.17, 15) is 9.59 Å². The molecule has 84 valence electrons. The van der Waals surface area contributed by atoms with Crippen molar-refractivity contribution in [1.29, 1.82) is 0 Å². The summed E-state index contributed by atoms with van der Waals surface area (Å²) in [5.41, 5.74) is 1.69. The van der Waals surface area contributed by atoms with Crippen molar-refractivity contribution in [2.45, 2.75) is 0 Å². The van der Waals surface area contributed by atoms with Gasteiger partial charge in [-0.15, -0.1) is 0 Å². The molecule has 1 heterocycles. The van der Waals surface area contributed by atoms with Gasteiger partial charge in [0.1, 0.15) is 0 Å². The molecule has 1 aromatic heterocycles. The molecule has 0 spiro atoms. The highest BCUT2D eigenvalue weighted by atomic mass is 16.4. The first-order valence-electron chi connectivity index (χ1n) is 4.91. The molecule has 0 unspecified atom stereocenters. The highest BCUT2D eigenvalue weighted by molar-refractivity contribution is 6.00. The smallest absolute Gasteiger partial charge is 0.408 e. The lowest BCUT2D eigenvalue weighted by molar-refractivity contribution is 0.0993. The average molecular weight is 220 g/mol. The van der Waals surface area contributed by atoms with Gasteiger partial charge in [-0.05, 0) is 25.2 Å². The van der Waals surface area contributed by atoms with Crippen molar-refractivity contribution in [3.8, 4) is 0 Å². The Morgan fingerprint density at radius 3 is 2.94 bits per heavy atom. The Hall–Kier alpha value is -1.88. The summed E-state index contributed by atoms with van der Waals surface area (Å²) in [6, 6.07) is 4.96. The highest BCUT2D eigenvalue weighted by Crippen LogP contribution is 2.14. The lowest BCUT2D eigenvalue weighted by Crippen LogP contribution is -2.18. The van der Waals surface area contributed by atoms with Gasteiger partial charge in [0.2, 0.25) is 0 Å². The molecular formula is C11H12N2O3. The number of rotatable bonds is 3. The van der Waals surface area contributed by atoms with E-state index in [0.29, 0.717) is 16.7 Å². The molecule has 0 bridgehead atoms. The molecule has 0 aliphatic carbocycles. The first kappa shape index (κ1) is 10.6. The van der Waals surface area contributed by atoms with Crippen molar-refractivity contribution >= 4 is 16.9 Å². The van der Waals surface area contributed by atoms with Crippen LogP contribution in [0, 0.1) is 0 Å². The SMILES string of the molecule is CNCC(=O)c1ccc2oc(=O)n(C)c2c1. The van der Waals surface area contributed by atoms with Crippen molar-refractivity contribution < 1.29 is 9.21 Å². The molecule has 0 saturated heterocycles. The lowest BCUT2D eigenvalue weighted by atomic mass is 10.1. The number of Topliss-reactive ketones (excluding diaryl/α,β-unsaturated/α-hetero) is 1. The molecule has 2 rings (SSSR count). The van der Waals surface area contributed by atoms with E-state index in [0.717, 1.165) is 0 Å². The Balaban J connectivity index is 2.55. The highest BCUT2D eigenvalue weighted by Gasteiger charge is 2.10. The van der Waals surface area contributed by atoms with Crippen LogP contribution in [0.25, 0.3) is 11.1 Å². The van der Waals surface area contributed by atoms with Gasteiger partial charge in [-0.25, -0.2) is 4.79 Å². The second-order valence-corrected chi connectivity index (χ2v) is 3.56. The molecule has 0 amide bonds. The molecule has 1 aromatic carbocycles. The summed E-state index contributed by atoms with van der Waals surface area (Å²) in [4.78, 5) is 22.9. The summed E-state index contributed by atoms with van der Waals surface area (Å²) >= 11 is 0. The van der Waals surface area contributed by atoms with Crippen LogP contribution < -0.4 is 11.1 Å². The van der Waals surface area contributed by atoms with Gasteiger partial charge in [0.25, 0.3) is 0 Å². The number of ketones is 1. The summed E-state index contributed by atoms with van der Waals surface area (Å²) in [5.74, 6) is -0.439. The fourth-order valence-corrected chi connectivity index (χ4v) is 1.56. The van der Waals surface area contributed by atoms with Gasteiger partial charge in [0.15, 0.2) is 11.4 Å². The Labute approximate surface area is 91.7 Å². The zero-order valence-corrected chi connectivity index (χ0v) is 9.11. The Morgan fingerprint density at radius 1 is 1.50 bits per heavy atom. The van der Waals surface area contributed by atoms with Gasteiger partial charge in [-0.3, -0.25) is 9.36 Å². The molecule has 0 aliphatic heterocycles. The summed E-state index contributed by atoms with van der Waals surface area (Å²) in [7, 11) is 3.32. The van der Waals surface area contributed by atoms with Crippen LogP contribution in [0.3, 0.4) is 0 Å². The minimum absolute atomic E-state index is 0.0157. The number of fused-ring (bicyclic) bond motifs is 1. The third-order valence-corrected chi connectivity index (χ3v) is 2.45. The van der Waals surface area contributed by atoms with E-state index in [2.05, 4.69) is 5.32 Å². The predicted molar refractivity (Wildman–Crippen MR) is 59.7 cm³/mol. The van der Waals surface area contributed by atoms with Crippen LogP contribution >= 0.6 is 0 Å². The molecule has 0 radical (unpaired) electrons. The molecular weight excluding hydrogens is 208 g/mol. The van der Waals surface area contributed by atoms with Crippen molar-refractivity contribution in [3.05, 3.63) is 34.3 Å². The molecule has 0 atom stereocenters. The van der Waals surface area contributed by atoms with Crippen LogP contribution in [0.1, 0.15) is 10.4 Å². The van der Waals surface area contributed by atoms with Gasteiger partial charge in [0, 0.05) is 12.6 Å².